The molecule has 1 aliphatic carbocycles. The van der Waals surface area contributed by atoms with Crippen LogP contribution in [0.25, 0.3) is 0 Å². The normalized spacial score (nSPS) is 24.4. The van der Waals surface area contributed by atoms with Gasteiger partial charge < -0.3 is 5.11 Å². The third kappa shape index (κ3) is 3.77. The van der Waals surface area contributed by atoms with E-state index in [1.165, 1.54) is 18.4 Å². The molecule has 0 amide bonds. The second-order valence-electron chi connectivity index (χ2n) is 4.92. The maximum absolute atomic E-state index is 11.3. The fourth-order valence-corrected chi connectivity index (χ4v) is 3.95. The first-order valence-electron chi connectivity index (χ1n) is 6.65. The number of rotatable bonds is 4. The summed E-state index contributed by atoms with van der Waals surface area (Å²) in [7, 11) is 0. The number of aliphatic carboxylic acids is 1. The predicted molar refractivity (Wildman–Crippen MR) is 75.7 cm³/mol. The second kappa shape index (κ2) is 6.83. The molecule has 2 atom stereocenters. The summed E-state index contributed by atoms with van der Waals surface area (Å²) in [6.45, 7) is 0. The van der Waals surface area contributed by atoms with E-state index < -0.39 is 5.97 Å². The fraction of sp³-hybridized carbons (Fsp3) is 0.533. The number of carbonyl (C=O) groups is 1. The number of carboxylic acid groups (broad SMARTS) is 1. The van der Waals surface area contributed by atoms with Crippen LogP contribution >= 0.6 is 11.8 Å². The molecule has 18 heavy (non-hydrogen) atoms. The molecule has 0 bridgehead atoms. The lowest BCUT2D eigenvalue weighted by Gasteiger charge is -2.20. The lowest BCUT2D eigenvalue weighted by Crippen LogP contribution is -2.24. The van der Waals surface area contributed by atoms with Crippen LogP contribution in [-0.4, -0.2) is 16.3 Å². The van der Waals surface area contributed by atoms with Gasteiger partial charge in [0.05, 0.1) is 5.92 Å². The first-order chi connectivity index (χ1) is 8.77. The maximum Gasteiger partial charge on any atom is 0.307 e. The van der Waals surface area contributed by atoms with E-state index in [4.69, 9.17) is 0 Å². The smallest absolute Gasteiger partial charge is 0.307 e. The minimum atomic E-state index is -0.609. The fourth-order valence-electron chi connectivity index (χ4n) is 2.53. The van der Waals surface area contributed by atoms with E-state index in [0.717, 1.165) is 25.0 Å². The van der Waals surface area contributed by atoms with Crippen LogP contribution in [0.5, 0.6) is 0 Å². The van der Waals surface area contributed by atoms with E-state index >= 15 is 0 Å². The Hall–Kier alpha value is -0.960. The summed E-state index contributed by atoms with van der Waals surface area (Å²) in [6, 6.07) is 10.3. The molecular weight excluding hydrogens is 244 g/mol. The maximum atomic E-state index is 11.3. The highest BCUT2D eigenvalue weighted by molar-refractivity contribution is 7.99. The van der Waals surface area contributed by atoms with Crippen molar-refractivity contribution in [2.75, 3.05) is 0 Å². The minimum absolute atomic E-state index is 0.152. The second-order valence-corrected chi connectivity index (χ2v) is 6.15. The van der Waals surface area contributed by atoms with Crippen molar-refractivity contribution in [1.29, 1.82) is 0 Å². The molecule has 2 rings (SSSR count). The Morgan fingerprint density at radius 2 is 1.89 bits per heavy atom. The molecule has 1 N–H and O–H groups in total. The van der Waals surface area contributed by atoms with Gasteiger partial charge in [-0.1, -0.05) is 49.6 Å². The third-order valence-corrected chi connectivity index (χ3v) is 5.07. The van der Waals surface area contributed by atoms with Gasteiger partial charge in [0.25, 0.3) is 0 Å². The van der Waals surface area contributed by atoms with Crippen LogP contribution in [0.15, 0.2) is 30.3 Å². The Balaban J connectivity index is 1.94. The molecule has 0 spiro atoms. The van der Waals surface area contributed by atoms with Crippen LogP contribution in [0.3, 0.4) is 0 Å². The van der Waals surface area contributed by atoms with Crippen molar-refractivity contribution >= 4 is 17.7 Å². The highest BCUT2D eigenvalue weighted by atomic mass is 32.2. The zero-order chi connectivity index (χ0) is 12.8. The van der Waals surface area contributed by atoms with Crippen molar-refractivity contribution in [1.82, 2.24) is 0 Å². The lowest BCUT2D eigenvalue weighted by molar-refractivity contribution is -0.141. The Labute approximate surface area is 113 Å². The van der Waals surface area contributed by atoms with Crippen LogP contribution in [0.4, 0.5) is 0 Å². The highest BCUT2D eigenvalue weighted by Gasteiger charge is 2.29. The van der Waals surface area contributed by atoms with Crippen LogP contribution < -0.4 is 0 Å². The summed E-state index contributed by atoms with van der Waals surface area (Å²) in [4.78, 5) is 11.3. The molecule has 1 saturated carbocycles. The largest absolute Gasteiger partial charge is 0.481 e. The third-order valence-electron chi connectivity index (χ3n) is 3.58. The van der Waals surface area contributed by atoms with Crippen molar-refractivity contribution < 1.29 is 9.90 Å². The van der Waals surface area contributed by atoms with Gasteiger partial charge in [-0.05, 0) is 18.4 Å². The summed E-state index contributed by atoms with van der Waals surface area (Å²) in [5.41, 5.74) is 1.29. The van der Waals surface area contributed by atoms with E-state index in [1.54, 1.807) is 0 Å². The molecular formula is C15H20O2S. The summed E-state index contributed by atoms with van der Waals surface area (Å²) in [5, 5.41) is 9.60. The van der Waals surface area contributed by atoms with Crippen molar-refractivity contribution in [2.24, 2.45) is 5.92 Å². The van der Waals surface area contributed by atoms with Crippen molar-refractivity contribution in [3.05, 3.63) is 35.9 Å². The summed E-state index contributed by atoms with van der Waals surface area (Å²) >= 11 is 1.82. The van der Waals surface area contributed by atoms with Gasteiger partial charge in [0.15, 0.2) is 0 Å². The van der Waals surface area contributed by atoms with E-state index in [2.05, 4.69) is 12.1 Å². The molecule has 0 radical (unpaired) electrons. The van der Waals surface area contributed by atoms with Crippen molar-refractivity contribution in [3.8, 4) is 0 Å². The summed E-state index contributed by atoms with van der Waals surface area (Å²) in [5.74, 6) is 0.165. The van der Waals surface area contributed by atoms with Crippen molar-refractivity contribution in [3.63, 3.8) is 0 Å². The zero-order valence-electron chi connectivity index (χ0n) is 10.5. The zero-order valence-corrected chi connectivity index (χ0v) is 11.4. The van der Waals surface area contributed by atoms with Gasteiger partial charge in [-0.15, -0.1) is 0 Å². The molecule has 3 heteroatoms. The Bertz CT molecular complexity index is 377. The van der Waals surface area contributed by atoms with Gasteiger partial charge >= 0.3 is 5.97 Å². The minimum Gasteiger partial charge on any atom is -0.481 e. The molecule has 0 saturated heterocycles. The number of hydrogen-bond donors (Lipinski definition) is 1. The Morgan fingerprint density at radius 1 is 1.17 bits per heavy atom. The number of benzene rings is 1. The number of thioether (sulfide) groups is 1. The van der Waals surface area contributed by atoms with Crippen LogP contribution in [0.1, 0.15) is 37.7 Å². The molecule has 0 heterocycles. The average Bonchev–Trinajstić information content (AvgIpc) is 2.63. The van der Waals surface area contributed by atoms with E-state index in [9.17, 15) is 9.90 Å². The van der Waals surface area contributed by atoms with Crippen molar-refractivity contribution in [2.45, 2.75) is 43.1 Å². The lowest BCUT2D eigenvalue weighted by atomic mass is 10.0. The molecule has 1 fully saturated rings. The van der Waals surface area contributed by atoms with Crippen LogP contribution in [0, 0.1) is 5.92 Å². The van der Waals surface area contributed by atoms with Gasteiger partial charge in [-0.25, -0.2) is 0 Å². The van der Waals surface area contributed by atoms with Gasteiger partial charge in [0, 0.05) is 11.0 Å². The molecule has 0 aromatic heterocycles. The molecule has 0 aliphatic heterocycles. The predicted octanol–water partition coefficient (Wildman–Crippen LogP) is 3.95. The molecule has 1 aliphatic rings. The standard InChI is InChI=1S/C15H20O2S/c16-15(17)13-9-5-2-6-10-14(13)18-11-12-7-3-1-4-8-12/h1,3-4,7-8,13-14H,2,5-6,9-11H2,(H,16,17). The first-order valence-corrected chi connectivity index (χ1v) is 7.70. The quantitative estimate of drug-likeness (QED) is 0.837. The Morgan fingerprint density at radius 3 is 2.61 bits per heavy atom. The summed E-state index contributed by atoms with van der Waals surface area (Å²) < 4.78 is 0. The molecule has 98 valence electrons. The van der Waals surface area contributed by atoms with Gasteiger partial charge in [0.1, 0.15) is 0 Å². The van der Waals surface area contributed by atoms with E-state index in [-0.39, 0.29) is 11.2 Å². The van der Waals surface area contributed by atoms with Gasteiger partial charge in [0.2, 0.25) is 0 Å². The van der Waals surface area contributed by atoms with E-state index in [0.29, 0.717) is 0 Å². The molecule has 1 aromatic carbocycles. The first kappa shape index (κ1) is 13.5. The van der Waals surface area contributed by atoms with E-state index in [1.807, 2.05) is 30.0 Å². The number of hydrogen-bond acceptors (Lipinski definition) is 2. The van der Waals surface area contributed by atoms with Crippen LogP contribution in [0.2, 0.25) is 0 Å². The highest BCUT2D eigenvalue weighted by Crippen LogP contribution is 2.34. The van der Waals surface area contributed by atoms with Gasteiger partial charge in [-0.2, -0.15) is 11.8 Å². The molecule has 1 aromatic rings. The monoisotopic (exact) mass is 264 g/mol. The number of carboxylic acids is 1. The molecule has 2 nitrogen and oxygen atoms in total. The average molecular weight is 264 g/mol. The topological polar surface area (TPSA) is 37.3 Å². The van der Waals surface area contributed by atoms with Gasteiger partial charge in [-0.3, -0.25) is 4.79 Å². The van der Waals surface area contributed by atoms with Crippen LogP contribution in [-0.2, 0) is 10.5 Å². The summed E-state index contributed by atoms with van der Waals surface area (Å²) in [6.07, 6.45) is 5.33. The Kier molecular flexibility index (Phi) is 5.12. The molecule has 2 unspecified atom stereocenters. The SMILES string of the molecule is O=C(O)C1CCCCCC1SCc1ccccc1.